The van der Waals surface area contributed by atoms with Crippen LogP contribution in [-0.4, -0.2) is 32.6 Å². The fourth-order valence-corrected chi connectivity index (χ4v) is 3.59. The number of urea groups is 1. The molecule has 0 aromatic carbocycles. The quantitative estimate of drug-likeness (QED) is 0.867. The van der Waals surface area contributed by atoms with Gasteiger partial charge in [0.1, 0.15) is 12.1 Å². The predicted octanol–water partition coefficient (Wildman–Crippen LogP) is 2.33. The zero-order valence-corrected chi connectivity index (χ0v) is 13.3. The van der Waals surface area contributed by atoms with Crippen molar-refractivity contribution in [1.82, 2.24) is 20.4 Å². The van der Waals surface area contributed by atoms with Crippen molar-refractivity contribution in [2.24, 2.45) is 5.92 Å². The van der Waals surface area contributed by atoms with Crippen LogP contribution in [0.2, 0.25) is 0 Å². The Morgan fingerprint density at radius 3 is 3.00 bits per heavy atom. The van der Waals surface area contributed by atoms with Gasteiger partial charge in [0.25, 0.3) is 11.8 Å². The average molecular weight is 330 g/mol. The molecule has 3 amide bonds. The molecule has 2 fully saturated rings. The Morgan fingerprint density at radius 1 is 1.38 bits per heavy atom. The van der Waals surface area contributed by atoms with Gasteiger partial charge in [0.15, 0.2) is 5.76 Å². The average Bonchev–Trinajstić information content (AvgIpc) is 3.28. The van der Waals surface area contributed by atoms with Gasteiger partial charge in [-0.2, -0.15) is 0 Å². The van der Waals surface area contributed by atoms with E-state index in [0.717, 1.165) is 19.3 Å². The zero-order chi connectivity index (χ0) is 16.7. The number of rotatable bonds is 3. The number of furan rings is 1. The smallest absolute Gasteiger partial charge is 0.325 e. The van der Waals surface area contributed by atoms with Gasteiger partial charge < -0.3 is 14.2 Å². The number of carbonyl (C=O) groups excluding carboxylic acids is 2. The van der Waals surface area contributed by atoms with Crippen LogP contribution in [0.3, 0.4) is 0 Å². The van der Waals surface area contributed by atoms with E-state index in [9.17, 15) is 9.59 Å². The molecule has 0 unspecified atom stereocenters. The molecule has 2 aromatic heterocycles. The lowest BCUT2D eigenvalue weighted by Crippen LogP contribution is -2.53. The van der Waals surface area contributed by atoms with E-state index in [-0.39, 0.29) is 30.2 Å². The van der Waals surface area contributed by atoms with Crippen LogP contribution in [0.5, 0.6) is 0 Å². The molecule has 1 saturated heterocycles. The summed E-state index contributed by atoms with van der Waals surface area (Å²) in [5.41, 5.74) is -0.779. The highest BCUT2D eigenvalue weighted by Gasteiger charge is 2.55. The summed E-state index contributed by atoms with van der Waals surface area (Å²) >= 11 is 0. The minimum absolute atomic E-state index is 0.0349. The van der Waals surface area contributed by atoms with Crippen molar-refractivity contribution in [2.75, 3.05) is 0 Å². The molecule has 2 atom stereocenters. The Morgan fingerprint density at radius 2 is 2.25 bits per heavy atom. The number of imide groups is 1. The van der Waals surface area contributed by atoms with Crippen LogP contribution in [0, 0.1) is 5.92 Å². The molecule has 1 spiro atoms. The van der Waals surface area contributed by atoms with Gasteiger partial charge in [0.05, 0.1) is 6.26 Å². The maximum atomic E-state index is 12.9. The van der Waals surface area contributed by atoms with Crippen molar-refractivity contribution in [3.8, 4) is 11.7 Å². The number of aromatic nitrogens is 2. The molecule has 3 heterocycles. The van der Waals surface area contributed by atoms with Crippen molar-refractivity contribution in [3.05, 3.63) is 24.3 Å². The molecule has 1 N–H and O–H groups in total. The Hall–Kier alpha value is -2.64. The first-order valence-corrected chi connectivity index (χ1v) is 8.10. The second kappa shape index (κ2) is 5.47. The molecular formula is C16H18N4O4. The number of nitrogens with zero attached hydrogens (tertiary/aromatic N) is 3. The molecule has 8 heteroatoms. The van der Waals surface area contributed by atoms with Crippen LogP contribution in [0.15, 0.2) is 27.2 Å². The van der Waals surface area contributed by atoms with E-state index >= 15 is 0 Å². The van der Waals surface area contributed by atoms with Crippen molar-refractivity contribution >= 4 is 11.9 Å². The Balaban J connectivity index is 1.55. The second-order valence-electron chi connectivity index (χ2n) is 6.42. The second-order valence-corrected chi connectivity index (χ2v) is 6.42. The van der Waals surface area contributed by atoms with Crippen LogP contribution >= 0.6 is 0 Å². The van der Waals surface area contributed by atoms with E-state index in [1.807, 2.05) is 6.92 Å². The fraction of sp³-hybridized carbons (Fsp3) is 0.500. The molecular weight excluding hydrogens is 312 g/mol. The first-order valence-electron chi connectivity index (χ1n) is 8.10. The summed E-state index contributed by atoms with van der Waals surface area (Å²) in [5.74, 6) is 0.794. The molecule has 4 rings (SSSR count). The minimum atomic E-state index is -0.779. The zero-order valence-electron chi connectivity index (χ0n) is 13.3. The Kier molecular flexibility index (Phi) is 3.40. The van der Waals surface area contributed by atoms with Gasteiger partial charge in [0.2, 0.25) is 5.89 Å². The van der Waals surface area contributed by atoms with E-state index in [0.29, 0.717) is 12.2 Å². The number of nitrogens with one attached hydrogen (secondary N) is 1. The molecule has 1 aliphatic carbocycles. The van der Waals surface area contributed by atoms with Gasteiger partial charge in [-0.15, -0.1) is 10.2 Å². The number of hydrogen-bond acceptors (Lipinski definition) is 6. The summed E-state index contributed by atoms with van der Waals surface area (Å²) in [6, 6.07) is 3.01. The molecule has 1 aliphatic heterocycles. The van der Waals surface area contributed by atoms with Gasteiger partial charge in [-0.25, -0.2) is 4.79 Å². The summed E-state index contributed by atoms with van der Waals surface area (Å²) in [7, 11) is 0. The first kappa shape index (κ1) is 14.9. The monoisotopic (exact) mass is 330 g/mol. The summed E-state index contributed by atoms with van der Waals surface area (Å²) < 4.78 is 10.7. The molecule has 0 bridgehead atoms. The molecule has 2 aromatic rings. The van der Waals surface area contributed by atoms with Crippen LogP contribution in [0.25, 0.3) is 11.7 Å². The van der Waals surface area contributed by atoms with Crippen LogP contribution < -0.4 is 5.32 Å². The summed E-state index contributed by atoms with van der Waals surface area (Å²) in [5, 5.41) is 10.7. The van der Waals surface area contributed by atoms with Crippen LogP contribution in [0.1, 0.15) is 38.5 Å². The van der Waals surface area contributed by atoms with Crippen molar-refractivity contribution in [3.63, 3.8) is 0 Å². The maximum absolute atomic E-state index is 12.9. The third-order valence-electron chi connectivity index (χ3n) is 4.99. The Labute approximate surface area is 138 Å². The van der Waals surface area contributed by atoms with E-state index in [1.54, 1.807) is 12.1 Å². The van der Waals surface area contributed by atoms with Crippen molar-refractivity contribution in [1.29, 1.82) is 0 Å². The largest absolute Gasteiger partial charge is 0.459 e. The minimum Gasteiger partial charge on any atom is -0.459 e. The van der Waals surface area contributed by atoms with E-state index in [1.165, 1.54) is 11.2 Å². The number of hydrogen-bond donors (Lipinski definition) is 1. The van der Waals surface area contributed by atoms with E-state index in [2.05, 4.69) is 15.5 Å². The number of amides is 3. The lowest BCUT2D eigenvalue weighted by molar-refractivity contribution is -0.134. The lowest BCUT2D eigenvalue weighted by atomic mass is 9.73. The van der Waals surface area contributed by atoms with Crippen molar-refractivity contribution < 1.29 is 18.4 Å². The topological polar surface area (TPSA) is 101 Å². The third kappa shape index (κ3) is 2.21. The molecule has 2 aliphatic rings. The molecule has 24 heavy (non-hydrogen) atoms. The van der Waals surface area contributed by atoms with Gasteiger partial charge in [-0.3, -0.25) is 9.69 Å². The number of carbonyl (C=O) groups is 2. The van der Waals surface area contributed by atoms with Crippen LogP contribution in [-0.2, 0) is 11.3 Å². The highest BCUT2D eigenvalue weighted by Crippen LogP contribution is 2.38. The van der Waals surface area contributed by atoms with E-state index < -0.39 is 11.6 Å². The highest BCUT2D eigenvalue weighted by atomic mass is 16.4. The van der Waals surface area contributed by atoms with Gasteiger partial charge in [-0.1, -0.05) is 19.8 Å². The standard InChI is InChI=1S/C16H18N4O4/c1-10-5-2-3-7-16(10)14(21)20(15(22)17-16)9-12-18-19-13(24-12)11-6-4-8-23-11/h4,6,8,10H,2-3,5,7,9H2,1H3,(H,17,22)/t10-,16+/m1/s1. The van der Waals surface area contributed by atoms with Gasteiger partial charge in [0, 0.05) is 0 Å². The predicted molar refractivity (Wildman–Crippen MR) is 81.4 cm³/mol. The van der Waals surface area contributed by atoms with Crippen molar-refractivity contribution in [2.45, 2.75) is 44.7 Å². The van der Waals surface area contributed by atoms with Crippen LogP contribution in [0.4, 0.5) is 4.79 Å². The first-order chi connectivity index (χ1) is 11.6. The maximum Gasteiger partial charge on any atom is 0.325 e. The summed E-state index contributed by atoms with van der Waals surface area (Å²) in [6.07, 6.45) is 5.14. The summed E-state index contributed by atoms with van der Waals surface area (Å²) in [6.45, 7) is 1.98. The Bertz CT molecular complexity index is 769. The molecule has 8 nitrogen and oxygen atoms in total. The lowest BCUT2D eigenvalue weighted by Gasteiger charge is -2.36. The van der Waals surface area contributed by atoms with E-state index in [4.69, 9.17) is 8.83 Å². The van der Waals surface area contributed by atoms with Gasteiger partial charge in [-0.05, 0) is 30.9 Å². The molecule has 1 saturated carbocycles. The third-order valence-corrected chi connectivity index (χ3v) is 4.99. The molecule has 126 valence electrons. The SMILES string of the molecule is C[C@@H]1CCCC[C@]12NC(=O)N(Cc1nnc(-c3ccco3)o1)C2=O. The fourth-order valence-electron chi connectivity index (χ4n) is 3.59. The highest BCUT2D eigenvalue weighted by molar-refractivity contribution is 6.07. The molecule has 0 radical (unpaired) electrons. The van der Waals surface area contributed by atoms with Gasteiger partial charge >= 0.3 is 6.03 Å². The normalized spacial score (nSPS) is 27.0. The summed E-state index contributed by atoms with van der Waals surface area (Å²) in [4.78, 5) is 26.4.